The summed E-state index contributed by atoms with van der Waals surface area (Å²) >= 11 is 0. The fourth-order valence-electron chi connectivity index (χ4n) is 2.25. The van der Waals surface area contributed by atoms with Crippen LogP contribution in [0.15, 0.2) is 52.2 Å². The molecule has 1 aromatic carbocycles. The Morgan fingerprint density at radius 2 is 1.75 bits per heavy atom. The van der Waals surface area contributed by atoms with E-state index in [1.807, 2.05) is 25.1 Å². The average molecular weight is 272 g/mol. The van der Waals surface area contributed by atoms with Crippen LogP contribution in [-0.2, 0) is 19.5 Å². The minimum Gasteiger partial charge on any atom is -0.301 e. The first kappa shape index (κ1) is 14.3. The first-order chi connectivity index (χ1) is 9.72. The molecule has 0 N–H and O–H groups in total. The second kappa shape index (κ2) is 6.89. The van der Waals surface area contributed by atoms with Crippen molar-refractivity contribution in [2.75, 3.05) is 0 Å². The fraction of sp³-hybridized carbons (Fsp3) is 0.375. The van der Waals surface area contributed by atoms with Crippen LogP contribution in [0.5, 0.6) is 0 Å². The Labute approximate surface area is 118 Å². The predicted molar refractivity (Wildman–Crippen MR) is 80.0 cm³/mol. The van der Waals surface area contributed by atoms with Crippen molar-refractivity contribution in [3.63, 3.8) is 0 Å². The first-order valence-electron chi connectivity index (χ1n) is 7.06. The van der Waals surface area contributed by atoms with E-state index in [1.165, 1.54) is 16.2 Å². The summed E-state index contributed by atoms with van der Waals surface area (Å²) in [6, 6.07) is 11.7. The van der Waals surface area contributed by atoms with Gasteiger partial charge in [0.25, 0.3) is 5.56 Å². The van der Waals surface area contributed by atoms with Crippen molar-refractivity contribution in [2.45, 2.75) is 39.3 Å². The third-order valence-electron chi connectivity index (χ3n) is 3.42. The zero-order valence-electron chi connectivity index (χ0n) is 11.8. The van der Waals surface area contributed by atoms with Crippen molar-refractivity contribution < 1.29 is 0 Å². The molecular weight excluding hydrogens is 252 g/mol. The van der Waals surface area contributed by atoms with E-state index in [0.717, 1.165) is 19.3 Å². The molecule has 4 nitrogen and oxygen atoms in total. The van der Waals surface area contributed by atoms with Crippen molar-refractivity contribution in [3.05, 3.63) is 69.0 Å². The van der Waals surface area contributed by atoms with E-state index in [2.05, 4.69) is 12.1 Å². The van der Waals surface area contributed by atoms with Crippen molar-refractivity contribution in [2.24, 2.45) is 0 Å². The quantitative estimate of drug-likeness (QED) is 0.755. The van der Waals surface area contributed by atoms with Gasteiger partial charge in [0.2, 0.25) is 0 Å². The fourth-order valence-corrected chi connectivity index (χ4v) is 2.25. The highest BCUT2D eigenvalue weighted by molar-refractivity contribution is 5.14. The van der Waals surface area contributed by atoms with Crippen LogP contribution in [0.3, 0.4) is 0 Å². The molecule has 0 amide bonds. The Balaban J connectivity index is 1.95. The second-order valence-electron chi connectivity index (χ2n) is 4.82. The molecule has 2 aromatic rings. The molecule has 0 bridgehead atoms. The van der Waals surface area contributed by atoms with Gasteiger partial charge >= 0.3 is 5.69 Å². The maximum Gasteiger partial charge on any atom is 0.330 e. The number of nitrogens with zero attached hydrogens (tertiary/aromatic N) is 2. The van der Waals surface area contributed by atoms with Gasteiger partial charge in [-0.1, -0.05) is 30.3 Å². The largest absolute Gasteiger partial charge is 0.330 e. The lowest BCUT2D eigenvalue weighted by Gasteiger charge is -2.08. The number of hydrogen-bond acceptors (Lipinski definition) is 2. The van der Waals surface area contributed by atoms with E-state index in [0.29, 0.717) is 13.1 Å². The lowest BCUT2D eigenvalue weighted by molar-refractivity contribution is 0.531. The molecule has 0 atom stereocenters. The average Bonchev–Trinajstić information content (AvgIpc) is 2.47. The molecular formula is C16H20N2O2. The highest BCUT2D eigenvalue weighted by Gasteiger charge is 2.03. The van der Waals surface area contributed by atoms with E-state index in [1.54, 1.807) is 10.8 Å². The molecule has 106 valence electrons. The summed E-state index contributed by atoms with van der Waals surface area (Å²) in [4.78, 5) is 23.7. The summed E-state index contributed by atoms with van der Waals surface area (Å²) in [5.41, 5.74) is 0.873. The Kier molecular flexibility index (Phi) is 4.93. The maximum absolute atomic E-state index is 12.0. The van der Waals surface area contributed by atoms with Crippen LogP contribution in [0, 0.1) is 0 Å². The smallest absolute Gasteiger partial charge is 0.301 e. The van der Waals surface area contributed by atoms with Gasteiger partial charge in [-0.25, -0.2) is 4.79 Å². The van der Waals surface area contributed by atoms with Gasteiger partial charge in [0.1, 0.15) is 0 Å². The summed E-state index contributed by atoms with van der Waals surface area (Å²) in [5, 5.41) is 0. The monoisotopic (exact) mass is 272 g/mol. The molecule has 2 rings (SSSR count). The molecule has 0 saturated heterocycles. The molecule has 0 aliphatic rings. The van der Waals surface area contributed by atoms with E-state index < -0.39 is 0 Å². The van der Waals surface area contributed by atoms with E-state index in [-0.39, 0.29) is 11.2 Å². The zero-order chi connectivity index (χ0) is 14.4. The van der Waals surface area contributed by atoms with Gasteiger partial charge < -0.3 is 4.57 Å². The number of hydrogen-bond donors (Lipinski definition) is 0. The van der Waals surface area contributed by atoms with Crippen LogP contribution in [0.2, 0.25) is 0 Å². The molecule has 0 aliphatic heterocycles. The highest BCUT2D eigenvalue weighted by atomic mass is 16.2. The minimum absolute atomic E-state index is 0.209. The molecule has 1 aromatic heterocycles. The Morgan fingerprint density at radius 3 is 2.45 bits per heavy atom. The highest BCUT2D eigenvalue weighted by Crippen LogP contribution is 2.04. The van der Waals surface area contributed by atoms with Gasteiger partial charge in [-0.05, 0) is 31.7 Å². The SMILES string of the molecule is CCn1ccc(=O)n(CCCCc2ccccc2)c1=O. The summed E-state index contributed by atoms with van der Waals surface area (Å²) in [6.07, 6.45) is 4.34. The van der Waals surface area contributed by atoms with Gasteiger partial charge in [0, 0.05) is 25.4 Å². The molecule has 0 fully saturated rings. The molecule has 20 heavy (non-hydrogen) atoms. The van der Waals surface area contributed by atoms with Crippen molar-refractivity contribution in [1.82, 2.24) is 9.13 Å². The molecule has 0 spiro atoms. The second-order valence-corrected chi connectivity index (χ2v) is 4.82. The van der Waals surface area contributed by atoms with Gasteiger partial charge in [0.15, 0.2) is 0 Å². The standard InChI is InChI=1S/C16H20N2O2/c1-2-17-13-11-15(19)18(16(17)20)12-7-6-10-14-8-4-3-5-9-14/h3-5,8-9,11,13H,2,6-7,10,12H2,1H3. The molecule has 0 unspecified atom stereocenters. The summed E-state index contributed by atoms with van der Waals surface area (Å²) in [5.74, 6) is 0. The molecule has 0 saturated carbocycles. The van der Waals surface area contributed by atoms with Crippen molar-refractivity contribution in [3.8, 4) is 0 Å². The third-order valence-corrected chi connectivity index (χ3v) is 3.42. The van der Waals surface area contributed by atoms with Gasteiger partial charge in [-0.15, -0.1) is 0 Å². The van der Waals surface area contributed by atoms with Gasteiger partial charge in [-0.2, -0.15) is 0 Å². The molecule has 1 heterocycles. The van der Waals surface area contributed by atoms with Gasteiger partial charge in [-0.3, -0.25) is 9.36 Å². The number of rotatable bonds is 6. The Morgan fingerprint density at radius 1 is 1.00 bits per heavy atom. The van der Waals surface area contributed by atoms with Crippen LogP contribution in [0.1, 0.15) is 25.3 Å². The minimum atomic E-state index is -0.209. The van der Waals surface area contributed by atoms with Crippen molar-refractivity contribution in [1.29, 1.82) is 0 Å². The number of aromatic nitrogens is 2. The Bertz CT molecular complexity index is 656. The van der Waals surface area contributed by atoms with E-state index in [4.69, 9.17) is 0 Å². The number of unbranched alkanes of at least 4 members (excludes halogenated alkanes) is 1. The molecule has 4 heteroatoms. The molecule has 0 aliphatic carbocycles. The van der Waals surface area contributed by atoms with Crippen molar-refractivity contribution >= 4 is 0 Å². The van der Waals surface area contributed by atoms with Crippen LogP contribution in [0.25, 0.3) is 0 Å². The maximum atomic E-state index is 12.0. The van der Waals surface area contributed by atoms with Crippen LogP contribution < -0.4 is 11.2 Å². The van der Waals surface area contributed by atoms with Crippen LogP contribution in [0.4, 0.5) is 0 Å². The van der Waals surface area contributed by atoms with Crippen LogP contribution >= 0.6 is 0 Å². The number of aryl methyl sites for hydroxylation is 2. The number of benzene rings is 1. The zero-order valence-corrected chi connectivity index (χ0v) is 11.8. The summed E-state index contributed by atoms with van der Waals surface area (Å²) < 4.78 is 2.88. The van der Waals surface area contributed by atoms with Crippen LogP contribution in [-0.4, -0.2) is 9.13 Å². The normalized spacial score (nSPS) is 10.7. The topological polar surface area (TPSA) is 44.0 Å². The van der Waals surface area contributed by atoms with Gasteiger partial charge in [0.05, 0.1) is 0 Å². The Hall–Kier alpha value is -2.10. The summed E-state index contributed by atoms with van der Waals surface area (Å²) in [6.45, 7) is 2.97. The predicted octanol–water partition coefficient (Wildman–Crippen LogP) is 2.05. The summed E-state index contributed by atoms with van der Waals surface area (Å²) in [7, 11) is 0. The molecule has 0 radical (unpaired) electrons. The third kappa shape index (κ3) is 3.47. The van der Waals surface area contributed by atoms with E-state index in [9.17, 15) is 9.59 Å². The lowest BCUT2D eigenvalue weighted by atomic mass is 10.1. The lowest BCUT2D eigenvalue weighted by Crippen LogP contribution is -2.38. The first-order valence-corrected chi connectivity index (χ1v) is 7.06. The van der Waals surface area contributed by atoms with E-state index >= 15 is 0 Å².